The average Bonchev–Trinajstić information content (AvgIpc) is 2.58. The van der Waals surface area contributed by atoms with E-state index in [1.54, 1.807) is 24.3 Å². The Morgan fingerprint density at radius 2 is 1.94 bits per heavy atom. The number of rotatable bonds is 1. The molecule has 0 unspecified atom stereocenters. The summed E-state index contributed by atoms with van der Waals surface area (Å²) in [6.45, 7) is 0. The maximum Gasteiger partial charge on any atom is 0.484 e. The van der Waals surface area contributed by atoms with Crippen molar-refractivity contribution in [3.8, 4) is 0 Å². The highest BCUT2D eigenvalue weighted by molar-refractivity contribution is 7.20. The molecule has 0 saturated heterocycles. The Bertz CT molecular complexity index is 499. The highest BCUT2D eigenvalue weighted by Crippen LogP contribution is 2.25. The quantitative estimate of drug-likeness (QED) is 0.768. The number of amides is 1. The van der Waals surface area contributed by atoms with E-state index in [-0.39, 0.29) is 4.88 Å². The smallest absolute Gasteiger partial charge is 0.268 e. The molecular weight excluding hydrogens is 239 g/mol. The summed E-state index contributed by atoms with van der Waals surface area (Å²) >= 11 is 1.03. The van der Waals surface area contributed by atoms with Gasteiger partial charge in [-0.05, 0) is 17.5 Å². The zero-order valence-corrected chi connectivity index (χ0v) is 8.65. The standard InChI is InChI=1S/C10H6F3NOS/c11-10(12,13)14-9(15)8-5-6-3-1-2-4-7(6)16-8/h1-5H,(H,14,15). The lowest BCUT2D eigenvalue weighted by Gasteiger charge is -2.06. The van der Waals surface area contributed by atoms with Crippen molar-refractivity contribution in [3.63, 3.8) is 0 Å². The molecule has 16 heavy (non-hydrogen) atoms. The van der Waals surface area contributed by atoms with Gasteiger partial charge in [0.05, 0.1) is 4.88 Å². The molecular formula is C10H6F3NOS. The third-order valence-electron chi connectivity index (χ3n) is 1.90. The topological polar surface area (TPSA) is 29.1 Å². The largest absolute Gasteiger partial charge is 0.484 e. The first-order valence-electron chi connectivity index (χ1n) is 4.33. The van der Waals surface area contributed by atoms with Gasteiger partial charge in [-0.15, -0.1) is 11.3 Å². The second kappa shape index (κ2) is 3.79. The molecule has 2 rings (SSSR count). The Hall–Kier alpha value is -1.56. The number of carbonyl (C=O) groups is 1. The minimum absolute atomic E-state index is 0.0542. The Morgan fingerprint density at radius 3 is 2.56 bits per heavy atom. The normalized spacial score (nSPS) is 11.7. The summed E-state index contributed by atoms with van der Waals surface area (Å²) in [4.78, 5) is 11.3. The number of halogens is 3. The molecule has 1 aromatic heterocycles. The minimum atomic E-state index is -4.69. The van der Waals surface area contributed by atoms with Crippen molar-refractivity contribution in [2.45, 2.75) is 6.30 Å². The maximum atomic E-state index is 11.9. The average molecular weight is 245 g/mol. The van der Waals surface area contributed by atoms with Crippen LogP contribution in [0.5, 0.6) is 0 Å². The fourth-order valence-corrected chi connectivity index (χ4v) is 2.24. The number of nitrogens with one attached hydrogen (secondary N) is 1. The van der Waals surface area contributed by atoms with Crippen molar-refractivity contribution in [1.82, 2.24) is 5.32 Å². The SMILES string of the molecule is O=C(NC(F)(F)F)c1cc2ccccc2s1. The molecule has 1 aromatic carbocycles. The molecule has 1 N–H and O–H groups in total. The number of hydrogen-bond acceptors (Lipinski definition) is 2. The van der Waals surface area contributed by atoms with Crippen molar-refractivity contribution >= 4 is 27.3 Å². The van der Waals surface area contributed by atoms with Crippen LogP contribution in [0, 0.1) is 0 Å². The van der Waals surface area contributed by atoms with Crippen molar-refractivity contribution in [3.05, 3.63) is 35.2 Å². The van der Waals surface area contributed by atoms with Crippen LogP contribution in [-0.2, 0) is 0 Å². The van der Waals surface area contributed by atoms with E-state index >= 15 is 0 Å². The van der Waals surface area contributed by atoms with Gasteiger partial charge in [-0.3, -0.25) is 10.1 Å². The summed E-state index contributed by atoms with van der Waals surface area (Å²) in [5, 5.41) is 1.73. The molecule has 84 valence electrons. The summed E-state index contributed by atoms with van der Waals surface area (Å²) in [5.74, 6) is -1.12. The highest BCUT2D eigenvalue weighted by atomic mass is 32.1. The minimum Gasteiger partial charge on any atom is -0.268 e. The molecule has 0 atom stereocenters. The van der Waals surface area contributed by atoms with E-state index in [1.165, 1.54) is 6.07 Å². The van der Waals surface area contributed by atoms with Gasteiger partial charge < -0.3 is 0 Å². The monoisotopic (exact) mass is 245 g/mol. The molecule has 1 heterocycles. The van der Waals surface area contributed by atoms with Crippen LogP contribution in [0.25, 0.3) is 10.1 Å². The first-order valence-corrected chi connectivity index (χ1v) is 5.15. The van der Waals surface area contributed by atoms with Crippen LogP contribution >= 0.6 is 11.3 Å². The third kappa shape index (κ3) is 2.33. The van der Waals surface area contributed by atoms with Crippen LogP contribution in [0.3, 0.4) is 0 Å². The van der Waals surface area contributed by atoms with Gasteiger partial charge >= 0.3 is 6.30 Å². The van der Waals surface area contributed by atoms with E-state index in [2.05, 4.69) is 0 Å². The van der Waals surface area contributed by atoms with E-state index in [1.807, 2.05) is 0 Å². The number of hydrogen-bond donors (Lipinski definition) is 1. The molecule has 6 heteroatoms. The van der Waals surface area contributed by atoms with E-state index < -0.39 is 12.2 Å². The van der Waals surface area contributed by atoms with Crippen molar-refractivity contribution in [2.24, 2.45) is 0 Å². The van der Waals surface area contributed by atoms with E-state index in [0.29, 0.717) is 0 Å². The Kier molecular flexibility index (Phi) is 2.59. The van der Waals surface area contributed by atoms with Crippen LogP contribution in [0.1, 0.15) is 9.67 Å². The highest BCUT2D eigenvalue weighted by Gasteiger charge is 2.31. The van der Waals surface area contributed by atoms with Gasteiger partial charge in [-0.25, -0.2) is 0 Å². The number of fused-ring (bicyclic) bond motifs is 1. The van der Waals surface area contributed by atoms with Crippen LogP contribution in [0.4, 0.5) is 13.2 Å². The molecule has 0 aliphatic heterocycles. The molecule has 2 aromatic rings. The molecule has 0 radical (unpaired) electrons. The second-order valence-electron chi connectivity index (χ2n) is 3.10. The predicted octanol–water partition coefficient (Wildman–Crippen LogP) is 3.15. The van der Waals surface area contributed by atoms with Gasteiger partial charge in [0.2, 0.25) is 0 Å². The molecule has 0 saturated carbocycles. The number of carbonyl (C=O) groups excluding carboxylic acids is 1. The van der Waals surface area contributed by atoms with Gasteiger partial charge in [0, 0.05) is 4.70 Å². The summed E-state index contributed by atoms with van der Waals surface area (Å²) in [7, 11) is 0. The fraction of sp³-hybridized carbons (Fsp3) is 0.100. The third-order valence-corrected chi connectivity index (χ3v) is 3.02. The molecule has 0 aliphatic carbocycles. The van der Waals surface area contributed by atoms with Gasteiger partial charge in [0.25, 0.3) is 5.91 Å². The Balaban J connectivity index is 2.30. The number of thiophene rings is 1. The lowest BCUT2D eigenvalue weighted by Crippen LogP contribution is -2.36. The molecule has 0 spiro atoms. The summed E-state index contributed by atoms with van der Waals surface area (Å²) in [6, 6.07) is 8.48. The summed E-state index contributed by atoms with van der Waals surface area (Å²) < 4.78 is 36.5. The fourth-order valence-electron chi connectivity index (χ4n) is 1.28. The van der Waals surface area contributed by atoms with Gasteiger partial charge in [0.15, 0.2) is 0 Å². The van der Waals surface area contributed by atoms with Crippen LogP contribution in [0.15, 0.2) is 30.3 Å². The lowest BCUT2D eigenvalue weighted by molar-refractivity contribution is -0.146. The van der Waals surface area contributed by atoms with Gasteiger partial charge in [0.1, 0.15) is 0 Å². The Morgan fingerprint density at radius 1 is 1.25 bits per heavy atom. The van der Waals surface area contributed by atoms with Crippen molar-refractivity contribution in [1.29, 1.82) is 0 Å². The zero-order valence-electron chi connectivity index (χ0n) is 7.84. The van der Waals surface area contributed by atoms with Crippen molar-refractivity contribution in [2.75, 3.05) is 0 Å². The van der Waals surface area contributed by atoms with Gasteiger partial charge in [-0.2, -0.15) is 13.2 Å². The van der Waals surface area contributed by atoms with E-state index in [9.17, 15) is 18.0 Å². The molecule has 2 nitrogen and oxygen atoms in total. The van der Waals surface area contributed by atoms with Crippen LogP contribution in [-0.4, -0.2) is 12.2 Å². The molecule has 0 bridgehead atoms. The first-order chi connectivity index (χ1) is 7.46. The predicted molar refractivity (Wildman–Crippen MR) is 55.3 cm³/mol. The van der Waals surface area contributed by atoms with Crippen LogP contribution < -0.4 is 5.32 Å². The maximum absolute atomic E-state index is 11.9. The summed E-state index contributed by atoms with van der Waals surface area (Å²) in [5.41, 5.74) is 0. The van der Waals surface area contributed by atoms with E-state index in [4.69, 9.17) is 0 Å². The van der Waals surface area contributed by atoms with Gasteiger partial charge in [-0.1, -0.05) is 18.2 Å². The van der Waals surface area contributed by atoms with Crippen molar-refractivity contribution < 1.29 is 18.0 Å². The molecule has 0 fully saturated rings. The second-order valence-corrected chi connectivity index (χ2v) is 4.18. The van der Waals surface area contributed by atoms with Crippen LogP contribution in [0.2, 0.25) is 0 Å². The van der Waals surface area contributed by atoms with E-state index in [0.717, 1.165) is 26.7 Å². The number of benzene rings is 1. The molecule has 0 aliphatic rings. The first kappa shape index (κ1) is 10.9. The number of alkyl halides is 3. The zero-order chi connectivity index (χ0) is 11.8. The lowest BCUT2D eigenvalue weighted by atomic mass is 10.2. The Labute approximate surface area is 92.7 Å². The molecule has 1 amide bonds. The summed E-state index contributed by atoms with van der Waals surface area (Å²) in [6.07, 6.45) is -4.69.